The fourth-order valence-electron chi connectivity index (χ4n) is 2.73. The van der Waals surface area contributed by atoms with Crippen LogP contribution in [0.4, 0.5) is 18.9 Å². The number of benzene rings is 1. The molecule has 156 valence electrons. The first-order chi connectivity index (χ1) is 13.7. The van der Waals surface area contributed by atoms with Crippen LogP contribution in [0.3, 0.4) is 0 Å². The molecular formula is C20H23F3N4O2. The van der Waals surface area contributed by atoms with Crippen molar-refractivity contribution in [1.29, 1.82) is 0 Å². The third-order valence-electron chi connectivity index (χ3n) is 4.06. The van der Waals surface area contributed by atoms with Gasteiger partial charge in [0.1, 0.15) is 5.75 Å². The number of anilines is 1. The number of rotatable bonds is 6. The van der Waals surface area contributed by atoms with Crippen molar-refractivity contribution < 1.29 is 22.7 Å². The third-order valence-corrected chi connectivity index (χ3v) is 4.06. The zero-order chi connectivity index (χ0) is 21.4. The lowest BCUT2D eigenvalue weighted by molar-refractivity contribution is -0.274. The maximum absolute atomic E-state index is 12.3. The summed E-state index contributed by atoms with van der Waals surface area (Å²) in [7, 11) is 0. The van der Waals surface area contributed by atoms with Crippen LogP contribution in [0.5, 0.6) is 5.75 Å². The van der Waals surface area contributed by atoms with Crippen molar-refractivity contribution in [1.82, 2.24) is 9.80 Å². The Morgan fingerprint density at radius 2 is 1.76 bits per heavy atom. The van der Waals surface area contributed by atoms with E-state index in [2.05, 4.69) is 28.2 Å². The number of nitrogens with zero attached hydrogens (tertiary/aromatic N) is 3. The van der Waals surface area contributed by atoms with E-state index < -0.39 is 6.36 Å². The number of hydrogen-bond donors (Lipinski definition) is 1. The Morgan fingerprint density at radius 1 is 1.17 bits per heavy atom. The zero-order valence-electron chi connectivity index (χ0n) is 16.1. The fraction of sp³-hybridized carbons (Fsp3) is 0.300. The molecule has 1 aromatic carbocycles. The summed E-state index contributed by atoms with van der Waals surface area (Å²) in [5.41, 5.74) is 1.02. The van der Waals surface area contributed by atoms with E-state index in [4.69, 9.17) is 0 Å². The molecule has 9 heteroatoms. The fourth-order valence-corrected chi connectivity index (χ4v) is 2.73. The average Bonchev–Trinajstić information content (AvgIpc) is 2.68. The molecule has 1 heterocycles. The molecule has 0 saturated carbocycles. The number of aliphatic imine (C=N–C) groups is 1. The van der Waals surface area contributed by atoms with Crippen LogP contribution >= 0.6 is 0 Å². The Balaban J connectivity index is 2.06. The van der Waals surface area contributed by atoms with Crippen molar-refractivity contribution >= 4 is 17.4 Å². The van der Waals surface area contributed by atoms with E-state index in [0.29, 0.717) is 43.4 Å². The molecule has 0 radical (unpaired) electrons. The second-order valence-corrected chi connectivity index (χ2v) is 6.13. The smallest absolute Gasteiger partial charge is 0.406 e. The van der Waals surface area contributed by atoms with E-state index >= 15 is 0 Å². The van der Waals surface area contributed by atoms with E-state index in [-0.39, 0.29) is 11.7 Å². The SMILES string of the molecule is C=CC(=O)N1CCN(C(=N/C=C\C)C(=C)Nc2ccc(OC(F)(F)F)cc2)CC1. The van der Waals surface area contributed by atoms with Gasteiger partial charge in [0, 0.05) is 38.1 Å². The van der Waals surface area contributed by atoms with Crippen LogP contribution in [0.1, 0.15) is 6.92 Å². The lowest BCUT2D eigenvalue weighted by Gasteiger charge is -2.36. The maximum atomic E-state index is 12.3. The molecular weight excluding hydrogens is 385 g/mol. The molecule has 1 fully saturated rings. The summed E-state index contributed by atoms with van der Waals surface area (Å²) in [6.45, 7) is 11.5. The summed E-state index contributed by atoms with van der Waals surface area (Å²) in [6.07, 6.45) is -0.0467. The predicted octanol–water partition coefficient (Wildman–Crippen LogP) is 3.77. The highest BCUT2D eigenvalue weighted by atomic mass is 19.4. The van der Waals surface area contributed by atoms with E-state index in [1.807, 2.05) is 11.8 Å². The quantitative estimate of drug-likeness (QED) is 0.442. The number of piperazine rings is 1. The van der Waals surface area contributed by atoms with Crippen LogP contribution in [-0.2, 0) is 4.79 Å². The third kappa shape index (κ3) is 6.70. The van der Waals surface area contributed by atoms with Crippen molar-refractivity contribution in [3.63, 3.8) is 0 Å². The Bertz CT molecular complexity index is 793. The molecule has 29 heavy (non-hydrogen) atoms. The molecule has 2 rings (SSSR count). The van der Waals surface area contributed by atoms with Gasteiger partial charge in [-0.25, -0.2) is 4.99 Å². The van der Waals surface area contributed by atoms with Gasteiger partial charge in [-0.3, -0.25) is 4.79 Å². The maximum Gasteiger partial charge on any atom is 0.573 e. The minimum atomic E-state index is -4.74. The van der Waals surface area contributed by atoms with E-state index in [9.17, 15) is 18.0 Å². The Kier molecular flexibility index (Phi) is 7.46. The first kappa shape index (κ1) is 22.1. The van der Waals surface area contributed by atoms with Crippen LogP contribution in [0.15, 0.2) is 66.5 Å². The number of amides is 1. The summed E-state index contributed by atoms with van der Waals surface area (Å²) in [5.74, 6) is 0.165. The Labute approximate surface area is 167 Å². The summed E-state index contributed by atoms with van der Waals surface area (Å²) >= 11 is 0. The number of allylic oxidation sites excluding steroid dienone is 1. The first-order valence-electron chi connectivity index (χ1n) is 8.91. The van der Waals surface area contributed by atoms with Gasteiger partial charge in [-0.15, -0.1) is 13.2 Å². The normalized spacial score (nSPS) is 15.4. The highest BCUT2D eigenvalue weighted by Gasteiger charge is 2.31. The highest BCUT2D eigenvalue weighted by Crippen LogP contribution is 2.24. The largest absolute Gasteiger partial charge is 0.573 e. The molecule has 0 atom stereocenters. The van der Waals surface area contributed by atoms with Crippen LogP contribution < -0.4 is 10.1 Å². The number of ether oxygens (including phenoxy) is 1. The van der Waals surface area contributed by atoms with Crippen molar-refractivity contribution in [2.45, 2.75) is 13.3 Å². The number of hydrogen-bond acceptors (Lipinski definition) is 4. The van der Waals surface area contributed by atoms with Gasteiger partial charge < -0.3 is 19.9 Å². The van der Waals surface area contributed by atoms with Gasteiger partial charge in [0.2, 0.25) is 5.91 Å². The molecule has 0 aliphatic carbocycles. The lowest BCUT2D eigenvalue weighted by Crippen LogP contribution is -2.51. The molecule has 6 nitrogen and oxygen atoms in total. The van der Waals surface area contributed by atoms with Crippen molar-refractivity contribution in [3.8, 4) is 5.75 Å². The summed E-state index contributed by atoms with van der Waals surface area (Å²) < 4.78 is 40.7. The molecule has 0 unspecified atom stereocenters. The Hall–Kier alpha value is -3.23. The second-order valence-electron chi connectivity index (χ2n) is 6.13. The average molecular weight is 408 g/mol. The van der Waals surface area contributed by atoms with Crippen LogP contribution in [-0.4, -0.2) is 54.1 Å². The van der Waals surface area contributed by atoms with Gasteiger partial charge >= 0.3 is 6.36 Å². The van der Waals surface area contributed by atoms with Crippen LogP contribution in [0, 0.1) is 0 Å². The van der Waals surface area contributed by atoms with Gasteiger partial charge in [-0.2, -0.15) is 0 Å². The molecule has 1 aliphatic heterocycles. The first-order valence-corrected chi connectivity index (χ1v) is 8.91. The van der Waals surface area contributed by atoms with Crippen molar-refractivity contribution in [3.05, 3.63) is 61.5 Å². The summed E-state index contributed by atoms with van der Waals surface area (Å²) in [6, 6.07) is 5.34. The van der Waals surface area contributed by atoms with Crippen molar-refractivity contribution in [2.75, 3.05) is 31.5 Å². The molecule has 1 saturated heterocycles. The van der Waals surface area contributed by atoms with Gasteiger partial charge in [0.05, 0.1) is 5.70 Å². The number of carbonyl (C=O) groups is 1. The van der Waals surface area contributed by atoms with E-state index in [1.165, 1.54) is 30.3 Å². The molecule has 1 amide bonds. The molecule has 0 aromatic heterocycles. The van der Waals surface area contributed by atoms with E-state index in [0.717, 1.165) is 0 Å². The lowest BCUT2D eigenvalue weighted by atomic mass is 10.2. The second kappa shape index (κ2) is 9.81. The van der Waals surface area contributed by atoms with Gasteiger partial charge in [-0.1, -0.05) is 19.2 Å². The number of amidine groups is 1. The number of halogens is 3. The monoisotopic (exact) mass is 408 g/mol. The molecule has 1 N–H and O–H groups in total. The minimum absolute atomic E-state index is 0.116. The van der Waals surface area contributed by atoms with Gasteiger partial charge in [0.15, 0.2) is 5.84 Å². The summed E-state index contributed by atoms with van der Waals surface area (Å²) in [5, 5.41) is 3.05. The highest BCUT2D eigenvalue weighted by molar-refractivity contribution is 6.00. The molecule has 1 aliphatic rings. The topological polar surface area (TPSA) is 57.2 Å². The van der Waals surface area contributed by atoms with Gasteiger partial charge in [-0.05, 0) is 37.3 Å². The Morgan fingerprint density at radius 3 is 2.28 bits per heavy atom. The number of alkyl halides is 3. The molecule has 1 aromatic rings. The summed E-state index contributed by atoms with van der Waals surface area (Å²) in [4.78, 5) is 19.9. The standard InChI is InChI=1S/C20H23F3N4O2/c1-4-10-24-19(27-13-11-26(12-14-27)18(28)5-2)15(3)25-16-6-8-17(9-7-16)29-20(21,22)23/h4-10,25H,2-3,11-14H2,1H3/b10-4-,24-19?. The zero-order valence-corrected chi connectivity index (χ0v) is 16.1. The number of carbonyl (C=O) groups excluding carboxylic acids is 1. The van der Waals surface area contributed by atoms with Crippen molar-refractivity contribution in [2.24, 2.45) is 4.99 Å². The molecule has 0 bridgehead atoms. The minimum Gasteiger partial charge on any atom is -0.406 e. The van der Waals surface area contributed by atoms with E-state index in [1.54, 1.807) is 17.2 Å². The number of nitrogens with one attached hydrogen (secondary N) is 1. The molecule has 0 spiro atoms. The van der Waals surface area contributed by atoms with Crippen LogP contribution in [0.25, 0.3) is 0 Å². The van der Waals surface area contributed by atoms with Crippen LogP contribution in [0.2, 0.25) is 0 Å². The van der Waals surface area contributed by atoms with Gasteiger partial charge in [0.25, 0.3) is 0 Å². The predicted molar refractivity (Wildman–Crippen MR) is 106 cm³/mol.